The first-order chi connectivity index (χ1) is 11.0. The third-order valence-electron chi connectivity index (χ3n) is 3.07. The highest BCUT2D eigenvalue weighted by molar-refractivity contribution is 6.30. The van der Waals surface area contributed by atoms with Crippen LogP contribution in [0.5, 0.6) is 5.75 Å². The van der Waals surface area contributed by atoms with E-state index < -0.39 is 0 Å². The van der Waals surface area contributed by atoms with Crippen molar-refractivity contribution in [3.05, 3.63) is 53.1 Å². The summed E-state index contributed by atoms with van der Waals surface area (Å²) in [6.07, 6.45) is 0.235. The number of benzene rings is 2. The molecule has 0 bridgehead atoms. The Morgan fingerprint density at radius 1 is 1.09 bits per heavy atom. The average molecular weight is 333 g/mol. The lowest BCUT2D eigenvalue weighted by Crippen LogP contribution is -2.15. The number of carbonyl (C=O) groups excluding carboxylic acids is 2. The van der Waals surface area contributed by atoms with Crippen LogP contribution in [-0.2, 0) is 16.0 Å². The van der Waals surface area contributed by atoms with Crippen LogP contribution in [0.1, 0.15) is 12.5 Å². The number of hydrogen-bond donors (Lipinski definition) is 2. The Labute approximate surface area is 139 Å². The van der Waals surface area contributed by atoms with E-state index in [9.17, 15) is 9.59 Å². The largest absolute Gasteiger partial charge is 0.495 e. The quantitative estimate of drug-likeness (QED) is 0.880. The first-order valence-electron chi connectivity index (χ1n) is 6.98. The summed E-state index contributed by atoms with van der Waals surface area (Å²) >= 11 is 5.82. The molecule has 0 unspecified atom stereocenters. The average Bonchev–Trinajstić information content (AvgIpc) is 2.49. The van der Waals surface area contributed by atoms with Crippen LogP contribution in [0.25, 0.3) is 0 Å². The van der Waals surface area contributed by atoms with Crippen LogP contribution < -0.4 is 15.4 Å². The Hall–Kier alpha value is -2.53. The van der Waals surface area contributed by atoms with Crippen LogP contribution in [0.15, 0.2) is 42.5 Å². The standard InChI is InChI=1S/C17H17ClN2O3/c1-11(21)19-15-10-14(7-8-16(15)23-2)20-17(22)9-12-3-5-13(18)6-4-12/h3-8,10H,9H2,1-2H3,(H,19,21)(H,20,22). The molecular weight excluding hydrogens is 316 g/mol. The molecule has 0 aliphatic rings. The molecule has 0 aliphatic carbocycles. The van der Waals surface area contributed by atoms with Crippen molar-refractivity contribution in [1.82, 2.24) is 0 Å². The molecule has 0 aliphatic heterocycles. The third-order valence-corrected chi connectivity index (χ3v) is 3.32. The Balaban J connectivity index is 2.08. The molecule has 0 saturated heterocycles. The molecule has 2 rings (SSSR count). The highest BCUT2D eigenvalue weighted by Gasteiger charge is 2.09. The fourth-order valence-electron chi connectivity index (χ4n) is 2.07. The highest BCUT2D eigenvalue weighted by Crippen LogP contribution is 2.27. The second-order valence-corrected chi connectivity index (χ2v) is 5.38. The van der Waals surface area contributed by atoms with E-state index in [-0.39, 0.29) is 18.2 Å². The third kappa shape index (κ3) is 5.00. The summed E-state index contributed by atoms with van der Waals surface area (Å²) in [4.78, 5) is 23.3. The van der Waals surface area contributed by atoms with Gasteiger partial charge < -0.3 is 15.4 Å². The number of ether oxygens (including phenoxy) is 1. The number of halogens is 1. The molecule has 120 valence electrons. The second-order valence-electron chi connectivity index (χ2n) is 4.95. The van der Waals surface area contributed by atoms with Crippen LogP contribution in [0.2, 0.25) is 5.02 Å². The fourth-order valence-corrected chi connectivity index (χ4v) is 2.19. The van der Waals surface area contributed by atoms with Crippen molar-refractivity contribution in [3.63, 3.8) is 0 Å². The van der Waals surface area contributed by atoms with Gasteiger partial charge in [0.05, 0.1) is 19.2 Å². The topological polar surface area (TPSA) is 67.4 Å². The molecule has 5 nitrogen and oxygen atoms in total. The zero-order chi connectivity index (χ0) is 16.8. The normalized spacial score (nSPS) is 10.0. The minimum Gasteiger partial charge on any atom is -0.495 e. The molecule has 23 heavy (non-hydrogen) atoms. The summed E-state index contributed by atoms with van der Waals surface area (Å²) in [6.45, 7) is 1.41. The van der Waals surface area contributed by atoms with Crippen molar-refractivity contribution in [2.75, 3.05) is 17.7 Å². The highest BCUT2D eigenvalue weighted by atomic mass is 35.5. The van der Waals surface area contributed by atoms with E-state index in [1.807, 2.05) is 0 Å². The molecule has 0 radical (unpaired) electrons. The van der Waals surface area contributed by atoms with Gasteiger partial charge in [0.15, 0.2) is 0 Å². The Bertz CT molecular complexity index is 714. The van der Waals surface area contributed by atoms with Gasteiger partial charge in [-0.25, -0.2) is 0 Å². The van der Waals surface area contributed by atoms with Gasteiger partial charge in [-0.15, -0.1) is 0 Å². The summed E-state index contributed by atoms with van der Waals surface area (Å²) in [5, 5.41) is 6.08. The summed E-state index contributed by atoms with van der Waals surface area (Å²) in [5.41, 5.74) is 1.94. The van der Waals surface area contributed by atoms with Gasteiger partial charge >= 0.3 is 0 Å². The van der Waals surface area contributed by atoms with Gasteiger partial charge in [0, 0.05) is 17.6 Å². The van der Waals surface area contributed by atoms with Crippen molar-refractivity contribution in [2.24, 2.45) is 0 Å². The maximum Gasteiger partial charge on any atom is 0.228 e. The smallest absolute Gasteiger partial charge is 0.228 e. The van der Waals surface area contributed by atoms with Gasteiger partial charge in [0.2, 0.25) is 11.8 Å². The summed E-state index contributed by atoms with van der Waals surface area (Å²) in [6, 6.07) is 12.1. The molecule has 0 atom stereocenters. The minimum atomic E-state index is -0.215. The Kier molecular flexibility index (Phi) is 5.60. The van der Waals surface area contributed by atoms with E-state index in [4.69, 9.17) is 16.3 Å². The van der Waals surface area contributed by atoms with Gasteiger partial charge in [0.1, 0.15) is 5.75 Å². The van der Waals surface area contributed by atoms with Gasteiger partial charge in [-0.3, -0.25) is 9.59 Å². The van der Waals surface area contributed by atoms with Gasteiger partial charge in [-0.05, 0) is 35.9 Å². The first kappa shape index (κ1) is 16.8. The van der Waals surface area contributed by atoms with Crippen molar-refractivity contribution in [2.45, 2.75) is 13.3 Å². The minimum absolute atomic E-state index is 0.161. The van der Waals surface area contributed by atoms with E-state index in [1.165, 1.54) is 14.0 Å². The fraction of sp³-hybridized carbons (Fsp3) is 0.176. The maximum atomic E-state index is 12.1. The zero-order valence-corrected chi connectivity index (χ0v) is 13.6. The summed E-state index contributed by atoms with van der Waals surface area (Å²) < 4.78 is 5.17. The molecule has 0 spiro atoms. The molecule has 6 heteroatoms. The van der Waals surface area contributed by atoms with Gasteiger partial charge in [-0.2, -0.15) is 0 Å². The number of amides is 2. The Morgan fingerprint density at radius 2 is 1.78 bits per heavy atom. The molecule has 2 N–H and O–H groups in total. The summed E-state index contributed by atoms with van der Waals surface area (Å²) in [5.74, 6) is 0.148. The zero-order valence-electron chi connectivity index (χ0n) is 12.9. The van der Waals surface area contributed by atoms with Crippen molar-refractivity contribution >= 4 is 34.8 Å². The van der Waals surface area contributed by atoms with Crippen LogP contribution in [-0.4, -0.2) is 18.9 Å². The van der Waals surface area contributed by atoms with E-state index in [2.05, 4.69) is 10.6 Å². The van der Waals surface area contributed by atoms with Crippen molar-refractivity contribution in [1.29, 1.82) is 0 Å². The SMILES string of the molecule is COc1ccc(NC(=O)Cc2ccc(Cl)cc2)cc1NC(C)=O. The number of methoxy groups -OCH3 is 1. The van der Waals surface area contributed by atoms with Crippen LogP contribution in [0, 0.1) is 0 Å². The Morgan fingerprint density at radius 3 is 2.39 bits per heavy atom. The molecule has 0 fully saturated rings. The van der Waals surface area contributed by atoms with Crippen molar-refractivity contribution < 1.29 is 14.3 Å². The van der Waals surface area contributed by atoms with E-state index in [1.54, 1.807) is 42.5 Å². The maximum absolute atomic E-state index is 12.1. The molecular formula is C17H17ClN2O3. The van der Waals surface area contributed by atoms with Crippen LogP contribution in [0.3, 0.4) is 0 Å². The number of hydrogen-bond acceptors (Lipinski definition) is 3. The van der Waals surface area contributed by atoms with Crippen LogP contribution in [0.4, 0.5) is 11.4 Å². The lowest BCUT2D eigenvalue weighted by atomic mass is 10.1. The molecule has 0 saturated carbocycles. The van der Waals surface area contributed by atoms with E-state index in [0.29, 0.717) is 22.1 Å². The van der Waals surface area contributed by atoms with Crippen molar-refractivity contribution in [3.8, 4) is 5.75 Å². The molecule has 0 heterocycles. The molecule has 0 aromatic heterocycles. The van der Waals surface area contributed by atoms with E-state index in [0.717, 1.165) is 5.56 Å². The lowest BCUT2D eigenvalue weighted by Gasteiger charge is -2.12. The monoisotopic (exact) mass is 332 g/mol. The number of anilines is 2. The van der Waals surface area contributed by atoms with Gasteiger partial charge in [-0.1, -0.05) is 23.7 Å². The second kappa shape index (κ2) is 7.65. The lowest BCUT2D eigenvalue weighted by molar-refractivity contribution is -0.115. The number of nitrogens with one attached hydrogen (secondary N) is 2. The predicted molar refractivity (Wildman–Crippen MR) is 91.1 cm³/mol. The summed E-state index contributed by atoms with van der Waals surface area (Å²) in [7, 11) is 1.51. The predicted octanol–water partition coefficient (Wildman–Crippen LogP) is 3.49. The molecule has 2 amide bonds. The molecule has 2 aromatic rings. The van der Waals surface area contributed by atoms with Gasteiger partial charge in [0.25, 0.3) is 0 Å². The van der Waals surface area contributed by atoms with E-state index >= 15 is 0 Å². The number of rotatable bonds is 5. The first-order valence-corrected chi connectivity index (χ1v) is 7.35. The van der Waals surface area contributed by atoms with Crippen LogP contribution >= 0.6 is 11.6 Å². The molecule has 2 aromatic carbocycles. The number of carbonyl (C=O) groups is 2.